The van der Waals surface area contributed by atoms with Crippen LogP contribution in [0.4, 0.5) is 0 Å². The van der Waals surface area contributed by atoms with Crippen LogP contribution in [0.1, 0.15) is 13.8 Å². The van der Waals surface area contributed by atoms with Crippen molar-refractivity contribution in [3.63, 3.8) is 0 Å². The monoisotopic (exact) mass is 306 g/mol. The van der Waals surface area contributed by atoms with Crippen LogP contribution in [-0.4, -0.2) is 20.5 Å². The quantitative estimate of drug-likeness (QED) is 0.669. The molecule has 1 aromatic carbocycles. The third kappa shape index (κ3) is 1.72. The molecule has 2 atom stereocenters. The van der Waals surface area contributed by atoms with Crippen LogP contribution in [0.3, 0.4) is 0 Å². The Morgan fingerprint density at radius 1 is 1.41 bits per heavy atom. The molecule has 2 radical (unpaired) electrons. The van der Waals surface area contributed by atoms with Crippen LogP contribution in [0.5, 0.6) is 5.75 Å². The summed E-state index contributed by atoms with van der Waals surface area (Å²) in [5, 5.41) is 13.3. The summed E-state index contributed by atoms with van der Waals surface area (Å²) >= 11 is 1.82. The van der Waals surface area contributed by atoms with E-state index in [-0.39, 0.29) is 15.4 Å². The molecule has 1 saturated heterocycles. The number of thiazole rings is 1. The molecule has 17 heavy (non-hydrogen) atoms. The molecule has 1 aliphatic heterocycles. The fourth-order valence-corrected chi connectivity index (χ4v) is 5.95. The Morgan fingerprint density at radius 2 is 2.12 bits per heavy atom. The van der Waals surface area contributed by atoms with E-state index in [1.165, 1.54) is 5.01 Å². The number of nitrogens with zero attached hydrogens (tertiary/aromatic N) is 1. The predicted octanol–water partition coefficient (Wildman–Crippen LogP) is 2.61. The second-order valence-corrected chi connectivity index (χ2v) is 10.0. The van der Waals surface area contributed by atoms with Crippen LogP contribution < -0.4 is 4.57 Å². The van der Waals surface area contributed by atoms with E-state index in [0.717, 1.165) is 10.3 Å². The zero-order chi connectivity index (χ0) is 12.0. The molecule has 2 heterocycles. The van der Waals surface area contributed by atoms with Crippen molar-refractivity contribution in [2.75, 3.05) is 0 Å². The van der Waals surface area contributed by atoms with Gasteiger partial charge in [-0.25, -0.2) is 0 Å². The number of hydrogen-bond donors (Lipinski definition) is 1. The Kier molecular flexibility index (Phi) is 2.56. The van der Waals surface area contributed by atoms with Crippen LogP contribution in [0.2, 0.25) is 4.75 Å². The van der Waals surface area contributed by atoms with Gasteiger partial charge in [-0.1, -0.05) is 0 Å². The van der Waals surface area contributed by atoms with Crippen LogP contribution in [0.15, 0.2) is 35.8 Å². The minimum absolute atomic E-state index is 0.112. The fourth-order valence-electron chi connectivity index (χ4n) is 2.17. The number of hydrogen-bond acceptors (Lipinski definition) is 2. The number of aromatic nitrogens is 1. The molecule has 0 amide bonds. The van der Waals surface area contributed by atoms with Gasteiger partial charge in [0, 0.05) is 0 Å². The number of phenolic OH excluding ortho intramolecular Hbond substituents is 1. The molecule has 0 bridgehead atoms. The van der Waals surface area contributed by atoms with Gasteiger partial charge in [0.2, 0.25) is 0 Å². The Labute approximate surface area is 111 Å². The first-order valence-electron chi connectivity index (χ1n) is 5.68. The van der Waals surface area contributed by atoms with Gasteiger partial charge in [-0.3, -0.25) is 0 Å². The molecule has 3 rings (SSSR count). The Balaban J connectivity index is 2.12. The van der Waals surface area contributed by atoms with Crippen molar-refractivity contribution in [2.45, 2.75) is 23.0 Å². The summed E-state index contributed by atoms with van der Waals surface area (Å²) < 4.78 is 3.57. The first-order valence-corrected chi connectivity index (χ1v) is 8.82. The van der Waals surface area contributed by atoms with Crippen molar-refractivity contribution in [3.8, 4) is 16.3 Å². The Morgan fingerprint density at radius 3 is 2.76 bits per heavy atom. The van der Waals surface area contributed by atoms with Crippen LogP contribution in [-0.2, 0) is 4.37 Å². The number of phenols is 1. The summed E-state index contributed by atoms with van der Waals surface area (Å²) in [5.74, 6) is 0.376. The first-order chi connectivity index (χ1) is 8.13. The topological polar surface area (TPSA) is 24.1 Å². The van der Waals surface area contributed by atoms with E-state index in [2.05, 4.69) is 30.0 Å². The molecule has 1 aromatic heterocycles. The molecule has 4 heteroatoms. The molecular weight excluding hydrogens is 291 g/mol. The summed E-state index contributed by atoms with van der Waals surface area (Å²) in [4.78, 5) is 0. The summed E-state index contributed by atoms with van der Waals surface area (Å²) in [6.45, 7) is 4.67. The normalized spacial score (nSPS) is 27.1. The summed E-state index contributed by atoms with van der Waals surface area (Å²) in [6.07, 6.45) is 2.17. The van der Waals surface area contributed by atoms with Gasteiger partial charge in [-0.2, -0.15) is 0 Å². The first kappa shape index (κ1) is 11.3. The van der Waals surface area contributed by atoms with Gasteiger partial charge >= 0.3 is 112 Å². The summed E-state index contributed by atoms with van der Waals surface area (Å²) in [5.41, 5.74) is 0.953. The molecule has 1 aliphatic rings. The molecule has 86 valence electrons. The molecule has 1 fully saturated rings. The maximum atomic E-state index is 9.96. The van der Waals surface area contributed by atoms with Crippen molar-refractivity contribution < 1.29 is 9.67 Å². The molecule has 1 N–H and O–H groups in total. The fraction of sp³-hybridized carbons (Fsp3) is 0.308. The van der Waals surface area contributed by atoms with E-state index in [9.17, 15) is 5.11 Å². The van der Waals surface area contributed by atoms with Gasteiger partial charge in [-0.05, 0) is 0 Å². The zero-order valence-electron chi connectivity index (χ0n) is 9.84. The van der Waals surface area contributed by atoms with E-state index in [4.69, 9.17) is 0 Å². The standard InChI is InChI=1S/C13H13GeNOS/c1-9-13(2,14-9)15-7-8-17-12(15)10-5-3-4-6-11(10)16/h3-9H,1-2H3/p+1/t9?,13-/m0/s1. The predicted molar refractivity (Wildman–Crippen MR) is 70.4 cm³/mol. The van der Waals surface area contributed by atoms with E-state index in [1.807, 2.05) is 18.2 Å². The minimum atomic E-state index is 0.112. The molecule has 0 aliphatic carbocycles. The van der Waals surface area contributed by atoms with E-state index in [0.29, 0.717) is 10.1 Å². The molecule has 1 unspecified atom stereocenters. The van der Waals surface area contributed by atoms with Gasteiger partial charge < -0.3 is 0 Å². The molecular formula is C13H14GeNOS+. The van der Waals surface area contributed by atoms with Crippen LogP contribution >= 0.6 is 11.3 Å². The van der Waals surface area contributed by atoms with E-state index in [1.54, 1.807) is 17.4 Å². The second kappa shape index (κ2) is 3.85. The third-order valence-corrected chi connectivity index (χ3v) is 8.48. The van der Waals surface area contributed by atoms with Gasteiger partial charge in [0.1, 0.15) is 0 Å². The summed E-state index contributed by atoms with van der Waals surface area (Å²) in [7, 11) is 0. The van der Waals surface area contributed by atoms with Crippen molar-refractivity contribution in [1.29, 1.82) is 0 Å². The molecule has 2 aromatic rings. The number of benzene rings is 1. The van der Waals surface area contributed by atoms with Crippen molar-refractivity contribution >= 4 is 26.8 Å². The zero-order valence-corrected chi connectivity index (χ0v) is 12.8. The van der Waals surface area contributed by atoms with E-state index >= 15 is 0 Å². The average Bonchev–Trinajstić information content (AvgIpc) is 2.77. The summed E-state index contributed by atoms with van der Waals surface area (Å²) in [6, 6.07) is 7.60. The number of aromatic hydroxyl groups is 1. The maximum absolute atomic E-state index is 9.96. The molecule has 0 saturated carbocycles. The number of para-hydroxylation sites is 1. The Bertz CT molecular complexity index is 568. The van der Waals surface area contributed by atoms with Crippen molar-refractivity contribution in [2.24, 2.45) is 0 Å². The second-order valence-electron chi connectivity index (χ2n) is 4.61. The van der Waals surface area contributed by atoms with Crippen molar-refractivity contribution in [1.82, 2.24) is 0 Å². The molecule has 0 spiro atoms. The number of rotatable bonds is 2. The van der Waals surface area contributed by atoms with Crippen molar-refractivity contribution in [3.05, 3.63) is 35.8 Å². The van der Waals surface area contributed by atoms with Gasteiger partial charge in [0.15, 0.2) is 0 Å². The van der Waals surface area contributed by atoms with Crippen LogP contribution in [0, 0.1) is 0 Å². The van der Waals surface area contributed by atoms with Crippen LogP contribution in [0.25, 0.3) is 10.6 Å². The van der Waals surface area contributed by atoms with Gasteiger partial charge in [0.05, 0.1) is 0 Å². The average molecular weight is 305 g/mol. The molecule has 2 nitrogen and oxygen atoms in total. The Hall–Kier alpha value is -0.807. The SMILES string of the molecule is C[CH]1[Ge][C@@]1(C)[n+]1ccsc1-c1ccccc1O. The van der Waals surface area contributed by atoms with Gasteiger partial charge in [-0.15, -0.1) is 0 Å². The van der Waals surface area contributed by atoms with Gasteiger partial charge in [0.25, 0.3) is 0 Å². The third-order valence-electron chi connectivity index (χ3n) is 3.51. The van der Waals surface area contributed by atoms with E-state index < -0.39 is 0 Å².